The van der Waals surface area contributed by atoms with Crippen molar-refractivity contribution in [1.82, 2.24) is 9.80 Å². The number of halogens is 2. The second-order valence-corrected chi connectivity index (χ2v) is 11.0. The third-order valence-electron chi connectivity index (χ3n) is 7.18. The number of carbonyl (C=O) groups excluding carboxylic acids is 1. The van der Waals surface area contributed by atoms with Gasteiger partial charge in [-0.05, 0) is 88.7 Å². The molecule has 34 heavy (non-hydrogen) atoms. The summed E-state index contributed by atoms with van der Waals surface area (Å²) in [6.45, 7) is 9.18. The molecule has 1 aromatic carbocycles. The van der Waals surface area contributed by atoms with Crippen molar-refractivity contribution in [3.8, 4) is 0 Å². The number of likely N-dealkylation sites (tertiary alicyclic amines) is 2. The Morgan fingerprint density at radius 3 is 2.41 bits per heavy atom. The number of allylic oxidation sites excluding steroid dienone is 2. The van der Waals surface area contributed by atoms with Crippen molar-refractivity contribution >= 4 is 11.5 Å². The number of amides is 1. The Labute approximate surface area is 202 Å². The molecule has 1 aromatic rings. The molecular formula is C28H38F2N2O2. The maximum absolute atomic E-state index is 13.9. The van der Waals surface area contributed by atoms with Gasteiger partial charge in [0.1, 0.15) is 11.8 Å². The van der Waals surface area contributed by atoms with Crippen molar-refractivity contribution < 1.29 is 18.3 Å². The molecule has 0 bridgehead atoms. The molecule has 6 heteroatoms. The van der Waals surface area contributed by atoms with Crippen LogP contribution < -0.4 is 0 Å². The lowest BCUT2D eigenvalue weighted by Crippen LogP contribution is -2.42. The van der Waals surface area contributed by atoms with Gasteiger partial charge in [0.05, 0.1) is 18.8 Å². The Bertz CT molecular complexity index is 913. The smallest absolute Gasteiger partial charge is 0.253 e. The molecule has 2 saturated heterocycles. The van der Waals surface area contributed by atoms with Crippen LogP contribution in [0.2, 0.25) is 0 Å². The van der Waals surface area contributed by atoms with E-state index in [1.54, 1.807) is 18.7 Å². The number of hydrogen-bond donors (Lipinski definition) is 0. The lowest BCUT2D eigenvalue weighted by molar-refractivity contribution is -0.0265. The molecular weight excluding hydrogens is 434 g/mol. The second kappa shape index (κ2) is 10.3. The van der Waals surface area contributed by atoms with Gasteiger partial charge in [0.15, 0.2) is 0 Å². The molecule has 1 amide bonds. The normalized spacial score (nSPS) is 26.7. The lowest BCUT2D eigenvalue weighted by Gasteiger charge is -2.36. The van der Waals surface area contributed by atoms with Crippen LogP contribution in [-0.4, -0.2) is 72.5 Å². The zero-order valence-corrected chi connectivity index (χ0v) is 20.7. The average Bonchev–Trinajstić information content (AvgIpc) is 3.24. The summed E-state index contributed by atoms with van der Waals surface area (Å²) in [7, 11) is 0. The van der Waals surface area contributed by atoms with Gasteiger partial charge >= 0.3 is 0 Å². The van der Waals surface area contributed by atoms with Gasteiger partial charge in [-0.1, -0.05) is 30.4 Å². The summed E-state index contributed by atoms with van der Waals surface area (Å²) in [5, 5.41) is 0. The van der Waals surface area contributed by atoms with Crippen LogP contribution in [0.1, 0.15) is 62.4 Å². The number of carbonyl (C=O) groups is 1. The van der Waals surface area contributed by atoms with Crippen LogP contribution in [0.5, 0.6) is 0 Å². The van der Waals surface area contributed by atoms with Gasteiger partial charge in [0, 0.05) is 18.7 Å². The van der Waals surface area contributed by atoms with E-state index in [0.29, 0.717) is 31.0 Å². The molecule has 1 aliphatic carbocycles. The predicted octanol–water partition coefficient (Wildman–Crippen LogP) is 5.45. The van der Waals surface area contributed by atoms with Crippen molar-refractivity contribution in [3.63, 3.8) is 0 Å². The van der Waals surface area contributed by atoms with E-state index in [2.05, 4.69) is 30.1 Å². The fraction of sp³-hybridized carbons (Fsp3) is 0.607. The first-order valence-corrected chi connectivity index (χ1v) is 12.6. The van der Waals surface area contributed by atoms with Crippen molar-refractivity contribution in [3.05, 3.63) is 53.6 Å². The number of alkyl halides is 2. The van der Waals surface area contributed by atoms with E-state index in [1.165, 1.54) is 0 Å². The molecule has 2 aliphatic heterocycles. The van der Waals surface area contributed by atoms with Crippen LogP contribution >= 0.6 is 0 Å². The third-order valence-corrected chi connectivity index (χ3v) is 7.18. The highest BCUT2D eigenvalue weighted by Gasteiger charge is 2.29. The highest BCUT2D eigenvalue weighted by molar-refractivity contribution is 5.95. The maximum atomic E-state index is 13.9. The zero-order valence-electron chi connectivity index (χ0n) is 20.7. The minimum Gasteiger partial charge on any atom is -0.371 e. The van der Waals surface area contributed by atoms with Gasteiger partial charge in [-0.2, -0.15) is 0 Å². The molecule has 2 atom stereocenters. The number of piperidine rings is 1. The molecule has 186 valence electrons. The molecule has 2 fully saturated rings. The fourth-order valence-electron chi connectivity index (χ4n) is 5.08. The topological polar surface area (TPSA) is 32.8 Å². The number of hydrogen-bond acceptors (Lipinski definition) is 3. The van der Waals surface area contributed by atoms with Crippen LogP contribution in [0.15, 0.2) is 42.5 Å². The summed E-state index contributed by atoms with van der Waals surface area (Å²) >= 11 is 0. The lowest BCUT2D eigenvalue weighted by atomic mass is 9.90. The minimum atomic E-state index is -1.14. The Morgan fingerprint density at radius 1 is 1.15 bits per heavy atom. The van der Waals surface area contributed by atoms with Gasteiger partial charge in [0.25, 0.3) is 5.91 Å². The van der Waals surface area contributed by atoms with Gasteiger partial charge in [-0.3, -0.25) is 4.79 Å². The second-order valence-electron chi connectivity index (χ2n) is 11.0. The van der Waals surface area contributed by atoms with Crippen LogP contribution in [0, 0.1) is 5.92 Å². The van der Waals surface area contributed by atoms with E-state index in [-0.39, 0.29) is 18.1 Å². The summed E-state index contributed by atoms with van der Waals surface area (Å²) in [5.74, 6) is 0.419. The third kappa shape index (κ3) is 6.54. The average molecular weight is 473 g/mol. The van der Waals surface area contributed by atoms with E-state index in [9.17, 15) is 13.6 Å². The van der Waals surface area contributed by atoms with E-state index < -0.39 is 11.8 Å². The monoisotopic (exact) mass is 472 g/mol. The molecule has 0 aromatic heterocycles. The van der Waals surface area contributed by atoms with Crippen LogP contribution in [0.3, 0.4) is 0 Å². The first-order chi connectivity index (χ1) is 16.1. The first kappa shape index (κ1) is 25.1. The molecule has 4 rings (SSSR count). The molecule has 0 saturated carbocycles. The van der Waals surface area contributed by atoms with Crippen LogP contribution in [-0.2, 0) is 4.74 Å². The van der Waals surface area contributed by atoms with Crippen molar-refractivity contribution in [2.75, 3.05) is 39.3 Å². The molecule has 4 nitrogen and oxygen atoms in total. The summed E-state index contributed by atoms with van der Waals surface area (Å²) < 4.78 is 33.6. The van der Waals surface area contributed by atoms with Gasteiger partial charge in [-0.25, -0.2) is 8.78 Å². The fourth-order valence-corrected chi connectivity index (χ4v) is 5.08. The van der Waals surface area contributed by atoms with Crippen LogP contribution in [0.4, 0.5) is 8.78 Å². The van der Waals surface area contributed by atoms with Crippen LogP contribution in [0.25, 0.3) is 5.57 Å². The highest BCUT2D eigenvalue weighted by Crippen LogP contribution is 2.31. The minimum absolute atomic E-state index is 0.0971. The highest BCUT2D eigenvalue weighted by atomic mass is 19.1. The summed E-state index contributed by atoms with van der Waals surface area (Å²) in [6.07, 6.45) is 8.83. The number of benzene rings is 1. The summed E-state index contributed by atoms with van der Waals surface area (Å²) in [5.41, 5.74) is 1.31. The molecule has 0 spiro atoms. The molecule has 0 N–H and O–H groups in total. The van der Waals surface area contributed by atoms with Gasteiger partial charge < -0.3 is 14.5 Å². The van der Waals surface area contributed by atoms with Gasteiger partial charge in [-0.15, -0.1) is 0 Å². The Balaban J connectivity index is 1.25. The summed E-state index contributed by atoms with van der Waals surface area (Å²) in [6, 6.07) is 7.59. The Hall–Kier alpha value is -2.05. The van der Waals surface area contributed by atoms with E-state index >= 15 is 0 Å². The first-order valence-electron chi connectivity index (χ1n) is 12.6. The van der Waals surface area contributed by atoms with E-state index in [4.69, 9.17) is 4.74 Å². The zero-order chi connectivity index (χ0) is 24.3. The Kier molecular flexibility index (Phi) is 7.58. The molecule has 2 heterocycles. The summed E-state index contributed by atoms with van der Waals surface area (Å²) in [4.78, 5) is 16.4. The van der Waals surface area contributed by atoms with Crippen molar-refractivity contribution in [1.29, 1.82) is 0 Å². The van der Waals surface area contributed by atoms with Gasteiger partial charge in [0.2, 0.25) is 0 Å². The van der Waals surface area contributed by atoms with E-state index in [0.717, 1.165) is 50.1 Å². The molecule has 3 aliphatic rings. The molecule has 1 unspecified atom stereocenters. The Morgan fingerprint density at radius 2 is 1.85 bits per heavy atom. The number of ether oxygens (including phenoxy) is 1. The largest absolute Gasteiger partial charge is 0.371 e. The number of nitrogens with zero attached hydrogens (tertiary/aromatic N) is 2. The molecule has 0 radical (unpaired) electrons. The SMILES string of the molecule is CC(C)(F)CN1CCC(COC2(C)C=CC(c3ccc(C(=O)N4CC[C@@H](F)C4)cc3)=CC2)CC1. The standard InChI is InChI=1S/C28H38F2N2O2/c1-27(2,30)20-31-15-10-21(11-16-31)19-34-28(3)13-8-23(9-14-28)22-4-6-24(7-5-22)26(33)32-17-12-25(29)18-32/h4-9,13,21,25H,10-12,14-20H2,1-3H3/t25-,28?/m1/s1. The van der Waals surface area contributed by atoms with Crippen molar-refractivity contribution in [2.45, 2.75) is 63.9 Å². The predicted molar refractivity (Wildman–Crippen MR) is 132 cm³/mol. The van der Waals surface area contributed by atoms with Crippen molar-refractivity contribution in [2.24, 2.45) is 5.92 Å². The quantitative estimate of drug-likeness (QED) is 0.529. The van der Waals surface area contributed by atoms with E-state index in [1.807, 2.05) is 24.3 Å². The maximum Gasteiger partial charge on any atom is 0.253 e. The number of rotatable bonds is 7.